The predicted molar refractivity (Wildman–Crippen MR) is 97.0 cm³/mol. The highest BCUT2D eigenvalue weighted by Gasteiger charge is 2.25. The van der Waals surface area contributed by atoms with Crippen LogP contribution in [0.3, 0.4) is 0 Å². The molecule has 0 spiro atoms. The number of H-pyrrole nitrogens is 1. The van der Waals surface area contributed by atoms with Gasteiger partial charge in [0.2, 0.25) is 0 Å². The number of hydrogen-bond donors (Lipinski definition) is 1. The van der Waals surface area contributed by atoms with Gasteiger partial charge in [-0.2, -0.15) is 0 Å². The molecule has 1 N–H and O–H groups in total. The van der Waals surface area contributed by atoms with Gasteiger partial charge in [-0.1, -0.05) is 12.1 Å². The van der Waals surface area contributed by atoms with Crippen molar-refractivity contribution in [1.29, 1.82) is 0 Å². The molecule has 1 aliphatic rings. The number of carbonyl (C=O) groups is 1. The molecular weight excluding hydrogens is 320 g/mol. The molecule has 1 amide bonds. The van der Waals surface area contributed by atoms with E-state index < -0.39 is 5.60 Å². The van der Waals surface area contributed by atoms with E-state index in [1.165, 1.54) is 0 Å². The zero-order valence-electron chi connectivity index (χ0n) is 14.9. The standard InChI is InChI=1S/C18H24N4O3/c1-18(2,3)25-17(24)22-10-6-9-21(11-12-22)15-16(23)20-14-8-5-4-7-13(14)19-15/h4-5,7-8H,6,9-12H2,1-3H3,(H,20,23). The highest BCUT2D eigenvalue weighted by molar-refractivity contribution is 5.75. The number of benzene rings is 1. The van der Waals surface area contributed by atoms with Crippen molar-refractivity contribution in [2.24, 2.45) is 0 Å². The first-order valence-electron chi connectivity index (χ1n) is 8.55. The van der Waals surface area contributed by atoms with Crippen molar-refractivity contribution >= 4 is 22.9 Å². The quantitative estimate of drug-likeness (QED) is 0.859. The minimum Gasteiger partial charge on any atom is -0.444 e. The summed E-state index contributed by atoms with van der Waals surface area (Å²) >= 11 is 0. The van der Waals surface area contributed by atoms with E-state index in [0.717, 1.165) is 17.5 Å². The molecule has 1 fully saturated rings. The normalized spacial score (nSPS) is 16.0. The SMILES string of the molecule is CC(C)(C)OC(=O)N1CCCN(c2nc3ccccc3[nH]c2=O)CC1. The van der Waals surface area contributed by atoms with Crippen LogP contribution in [0.4, 0.5) is 10.6 Å². The zero-order valence-corrected chi connectivity index (χ0v) is 14.9. The number of nitrogens with zero attached hydrogens (tertiary/aromatic N) is 3. The summed E-state index contributed by atoms with van der Waals surface area (Å²) < 4.78 is 5.44. The highest BCUT2D eigenvalue weighted by atomic mass is 16.6. The third kappa shape index (κ3) is 4.10. The largest absolute Gasteiger partial charge is 0.444 e. The van der Waals surface area contributed by atoms with Gasteiger partial charge in [0.25, 0.3) is 5.56 Å². The number of anilines is 1. The summed E-state index contributed by atoms with van der Waals surface area (Å²) in [4.78, 5) is 35.7. The fraction of sp³-hybridized carbons (Fsp3) is 0.500. The number of fused-ring (bicyclic) bond motifs is 1. The monoisotopic (exact) mass is 344 g/mol. The summed E-state index contributed by atoms with van der Waals surface area (Å²) in [6.45, 7) is 7.90. The lowest BCUT2D eigenvalue weighted by molar-refractivity contribution is 0.0263. The predicted octanol–water partition coefficient (Wildman–Crippen LogP) is 2.37. The molecule has 0 atom stereocenters. The highest BCUT2D eigenvalue weighted by Crippen LogP contribution is 2.15. The summed E-state index contributed by atoms with van der Waals surface area (Å²) in [5.74, 6) is 0.407. The van der Waals surface area contributed by atoms with Gasteiger partial charge in [-0.3, -0.25) is 4.79 Å². The lowest BCUT2D eigenvalue weighted by Crippen LogP contribution is -2.39. The van der Waals surface area contributed by atoms with Gasteiger partial charge < -0.3 is 19.5 Å². The molecule has 134 valence electrons. The van der Waals surface area contributed by atoms with E-state index in [2.05, 4.69) is 9.97 Å². The van der Waals surface area contributed by atoms with Crippen molar-refractivity contribution in [3.8, 4) is 0 Å². The Morgan fingerprint density at radius 1 is 1.16 bits per heavy atom. The zero-order chi connectivity index (χ0) is 18.0. The Hall–Kier alpha value is -2.57. The number of aromatic nitrogens is 2. The second kappa shape index (κ2) is 6.74. The molecule has 1 saturated heterocycles. The number of carbonyl (C=O) groups excluding carboxylic acids is 1. The molecule has 0 saturated carbocycles. The second-order valence-electron chi connectivity index (χ2n) is 7.21. The molecular formula is C18H24N4O3. The van der Waals surface area contributed by atoms with Crippen LogP contribution in [-0.2, 0) is 4.74 Å². The number of rotatable bonds is 1. The van der Waals surface area contributed by atoms with E-state index in [1.54, 1.807) is 4.90 Å². The maximum atomic E-state index is 12.4. The van der Waals surface area contributed by atoms with Crippen LogP contribution >= 0.6 is 0 Å². The van der Waals surface area contributed by atoms with E-state index in [-0.39, 0.29) is 11.7 Å². The Kier molecular flexibility index (Phi) is 4.65. The van der Waals surface area contributed by atoms with Gasteiger partial charge in [0.05, 0.1) is 11.0 Å². The van der Waals surface area contributed by atoms with Crippen LogP contribution in [0.1, 0.15) is 27.2 Å². The van der Waals surface area contributed by atoms with Gasteiger partial charge in [0, 0.05) is 26.2 Å². The minimum atomic E-state index is -0.514. The molecule has 0 bridgehead atoms. The summed E-state index contributed by atoms with van der Waals surface area (Å²) in [6.07, 6.45) is 0.447. The number of ether oxygens (including phenoxy) is 1. The average Bonchev–Trinajstić information content (AvgIpc) is 2.78. The van der Waals surface area contributed by atoms with Gasteiger partial charge in [-0.05, 0) is 39.3 Å². The van der Waals surface area contributed by atoms with E-state index in [9.17, 15) is 9.59 Å². The molecule has 7 nitrogen and oxygen atoms in total. The maximum absolute atomic E-state index is 12.4. The van der Waals surface area contributed by atoms with Crippen LogP contribution in [0.25, 0.3) is 11.0 Å². The minimum absolute atomic E-state index is 0.204. The topological polar surface area (TPSA) is 78.5 Å². The van der Waals surface area contributed by atoms with Crippen molar-refractivity contribution in [3.05, 3.63) is 34.6 Å². The number of aromatic amines is 1. The van der Waals surface area contributed by atoms with Crippen LogP contribution in [0, 0.1) is 0 Å². The first-order valence-corrected chi connectivity index (χ1v) is 8.55. The van der Waals surface area contributed by atoms with Crippen molar-refractivity contribution in [3.63, 3.8) is 0 Å². The Bertz CT molecular complexity index is 825. The molecule has 0 unspecified atom stereocenters. The lowest BCUT2D eigenvalue weighted by Gasteiger charge is -2.26. The Balaban J connectivity index is 1.76. The first kappa shape index (κ1) is 17.3. The Morgan fingerprint density at radius 3 is 2.68 bits per heavy atom. The Morgan fingerprint density at radius 2 is 1.92 bits per heavy atom. The molecule has 2 heterocycles. The van der Waals surface area contributed by atoms with Gasteiger partial charge in [0.15, 0.2) is 5.82 Å². The number of hydrogen-bond acceptors (Lipinski definition) is 5. The maximum Gasteiger partial charge on any atom is 0.410 e. The van der Waals surface area contributed by atoms with E-state index >= 15 is 0 Å². The molecule has 7 heteroatoms. The van der Waals surface area contributed by atoms with Gasteiger partial charge in [-0.25, -0.2) is 9.78 Å². The van der Waals surface area contributed by atoms with E-state index in [1.807, 2.05) is 49.9 Å². The van der Waals surface area contributed by atoms with E-state index in [0.29, 0.717) is 32.0 Å². The molecule has 25 heavy (non-hydrogen) atoms. The third-order valence-electron chi connectivity index (χ3n) is 4.03. The summed E-state index contributed by atoms with van der Waals surface area (Å²) in [5.41, 5.74) is 0.761. The van der Waals surface area contributed by atoms with Crippen LogP contribution in [0.15, 0.2) is 29.1 Å². The van der Waals surface area contributed by atoms with Crippen molar-refractivity contribution < 1.29 is 9.53 Å². The smallest absolute Gasteiger partial charge is 0.410 e. The van der Waals surface area contributed by atoms with Crippen LogP contribution in [-0.4, -0.2) is 52.7 Å². The summed E-state index contributed by atoms with van der Waals surface area (Å²) in [5, 5.41) is 0. The van der Waals surface area contributed by atoms with Crippen molar-refractivity contribution in [2.45, 2.75) is 32.8 Å². The summed E-state index contributed by atoms with van der Waals surface area (Å²) in [6, 6.07) is 7.47. The van der Waals surface area contributed by atoms with Gasteiger partial charge in [-0.15, -0.1) is 0 Å². The number of nitrogens with one attached hydrogen (secondary N) is 1. The molecule has 1 aromatic heterocycles. The average molecular weight is 344 g/mol. The fourth-order valence-electron chi connectivity index (χ4n) is 2.87. The van der Waals surface area contributed by atoms with Crippen molar-refractivity contribution in [1.82, 2.24) is 14.9 Å². The first-order chi connectivity index (χ1) is 11.8. The lowest BCUT2D eigenvalue weighted by atomic mass is 10.2. The Labute approximate surface area is 146 Å². The molecule has 2 aromatic rings. The van der Waals surface area contributed by atoms with Crippen molar-refractivity contribution in [2.75, 3.05) is 31.1 Å². The fourth-order valence-corrected chi connectivity index (χ4v) is 2.87. The summed E-state index contributed by atoms with van der Waals surface area (Å²) in [7, 11) is 0. The third-order valence-corrected chi connectivity index (χ3v) is 4.03. The van der Waals surface area contributed by atoms with E-state index in [4.69, 9.17) is 4.74 Å². The molecule has 3 rings (SSSR count). The van der Waals surface area contributed by atoms with Crippen LogP contribution in [0.2, 0.25) is 0 Å². The van der Waals surface area contributed by atoms with Crippen LogP contribution < -0.4 is 10.5 Å². The second-order valence-corrected chi connectivity index (χ2v) is 7.21. The molecule has 1 aliphatic heterocycles. The molecule has 1 aromatic carbocycles. The van der Waals surface area contributed by atoms with Crippen LogP contribution in [0.5, 0.6) is 0 Å². The number of amides is 1. The number of para-hydroxylation sites is 2. The molecule has 0 radical (unpaired) electrons. The van der Waals surface area contributed by atoms with Gasteiger partial charge >= 0.3 is 6.09 Å². The van der Waals surface area contributed by atoms with Gasteiger partial charge in [0.1, 0.15) is 5.60 Å². The molecule has 0 aliphatic carbocycles.